The minimum absolute atomic E-state index is 0.264. The lowest BCUT2D eigenvalue weighted by Crippen LogP contribution is -2.42. The quantitative estimate of drug-likeness (QED) is 0.883. The van der Waals surface area contributed by atoms with E-state index in [-0.39, 0.29) is 6.10 Å². The zero-order valence-electron chi connectivity index (χ0n) is 13.6. The van der Waals surface area contributed by atoms with Gasteiger partial charge in [-0.2, -0.15) is 0 Å². The Morgan fingerprint density at radius 3 is 2.83 bits per heavy atom. The van der Waals surface area contributed by atoms with E-state index in [9.17, 15) is 0 Å². The van der Waals surface area contributed by atoms with Crippen molar-refractivity contribution in [2.45, 2.75) is 44.4 Å². The molecule has 0 radical (unpaired) electrons. The molecule has 1 fully saturated rings. The summed E-state index contributed by atoms with van der Waals surface area (Å²) in [4.78, 5) is 0. The van der Waals surface area contributed by atoms with Gasteiger partial charge in [-0.25, -0.2) is 0 Å². The number of nitrogens with one attached hydrogen (secondary N) is 1. The number of aromatic nitrogens is 2. The normalized spacial score (nSPS) is 21.3. The molecule has 23 heavy (non-hydrogen) atoms. The van der Waals surface area contributed by atoms with E-state index in [0.29, 0.717) is 24.4 Å². The first kappa shape index (κ1) is 16.0. The summed E-state index contributed by atoms with van der Waals surface area (Å²) in [6.45, 7) is 0.548. The van der Waals surface area contributed by atoms with Gasteiger partial charge in [0.2, 0.25) is 5.89 Å². The third kappa shape index (κ3) is 3.71. The van der Waals surface area contributed by atoms with E-state index < -0.39 is 0 Å². The largest absolute Gasteiger partial charge is 0.496 e. The van der Waals surface area contributed by atoms with Gasteiger partial charge in [0.15, 0.2) is 0 Å². The fraction of sp³-hybridized carbons (Fsp3) is 0.529. The van der Waals surface area contributed by atoms with Crippen LogP contribution in [-0.4, -0.2) is 36.6 Å². The van der Waals surface area contributed by atoms with Crippen LogP contribution in [-0.2, 0) is 11.3 Å². The average Bonchev–Trinajstić information content (AvgIpc) is 3.09. The van der Waals surface area contributed by atoms with Crippen molar-refractivity contribution < 1.29 is 13.9 Å². The molecular weight excluding hydrogens is 294 g/mol. The van der Waals surface area contributed by atoms with Crippen molar-refractivity contribution in [2.75, 3.05) is 14.2 Å². The van der Waals surface area contributed by atoms with Crippen molar-refractivity contribution >= 4 is 0 Å². The van der Waals surface area contributed by atoms with Gasteiger partial charge in [-0.1, -0.05) is 25.0 Å². The van der Waals surface area contributed by atoms with Crippen LogP contribution < -0.4 is 10.1 Å². The second-order valence-electron chi connectivity index (χ2n) is 5.75. The monoisotopic (exact) mass is 317 g/mol. The lowest BCUT2D eigenvalue weighted by atomic mass is 9.92. The first-order chi connectivity index (χ1) is 11.3. The molecule has 3 rings (SSSR count). The van der Waals surface area contributed by atoms with E-state index in [0.717, 1.165) is 24.2 Å². The van der Waals surface area contributed by atoms with Crippen molar-refractivity contribution in [2.24, 2.45) is 0 Å². The Morgan fingerprint density at radius 1 is 1.17 bits per heavy atom. The highest BCUT2D eigenvalue weighted by molar-refractivity contribution is 5.62. The Kier molecular flexibility index (Phi) is 5.25. The second-order valence-corrected chi connectivity index (χ2v) is 5.75. The first-order valence-corrected chi connectivity index (χ1v) is 8.03. The summed E-state index contributed by atoms with van der Waals surface area (Å²) >= 11 is 0. The second kappa shape index (κ2) is 7.57. The molecule has 0 aliphatic heterocycles. The Morgan fingerprint density at radius 2 is 2.00 bits per heavy atom. The average molecular weight is 317 g/mol. The van der Waals surface area contributed by atoms with Crippen LogP contribution in [0.2, 0.25) is 0 Å². The van der Waals surface area contributed by atoms with Gasteiger partial charge in [-0.05, 0) is 25.0 Å². The van der Waals surface area contributed by atoms with Crippen molar-refractivity contribution in [3.05, 3.63) is 30.2 Å². The Balaban J connectivity index is 1.65. The summed E-state index contributed by atoms with van der Waals surface area (Å²) in [5, 5.41) is 11.7. The molecule has 1 heterocycles. The lowest BCUT2D eigenvalue weighted by molar-refractivity contribution is 0.0405. The van der Waals surface area contributed by atoms with Gasteiger partial charge in [0.05, 0.1) is 25.3 Å². The maximum absolute atomic E-state index is 5.77. The SMILES string of the molecule is COc1ccccc1-c1nnc(CN[C@@H]2CCCC[C@H]2OC)o1. The topological polar surface area (TPSA) is 69.4 Å². The summed E-state index contributed by atoms with van der Waals surface area (Å²) in [7, 11) is 3.41. The molecule has 2 aromatic rings. The molecule has 1 N–H and O–H groups in total. The van der Waals surface area contributed by atoms with Crippen LogP contribution in [0.25, 0.3) is 11.5 Å². The highest BCUT2D eigenvalue weighted by atomic mass is 16.5. The van der Waals surface area contributed by atoms with Crippen LogP contribution in [0.4, 0.5) is 0 Å². The Hall–Kier alpha value is -1.92. The Labute approximate surface area is 136 Å². The van der Waals surface area contributed by atoms with Crippen LogP contribution >= 0.6 is 0 Å². The van der Waals surface area contributed by atoms with Gasteiger partial charge >= 0.3 is 0 Å². The van der Waals surface area contributed by atoms with E-state index in [1.54, 1.807) is 14.2 Å². The lowest BCUT2D eigenvalue weighted by Gasteiger charge is -2.30. The molecule has 0 amide bonds. The number of hydrogen-bond acceptors (Lipinski definition) is 6. The number of nitrogens with zero attached hydrogens (tertiary/aromatic N) is 2. The molecular formula is C17H23N3O3. The van der Waals surface area contributed by atoms with Crippen LogP contribution in [0, 0.1) is 0 Å². The third-order valence-electron chi connectivity index (χ3n) is 4.33. The number of ether oxygens (including phenoxy) is 2. The van der Waals surface area contributed by atoms with Gasteiger partial charge in [0, 0.05) is 13.2 Å². The van der Waals surface area contributed by atoms with E-state index >= 15 is 0 Å². The molecule has 0 bridgehead atoms. The molecule has 1 aromatic carbocycles. The number of benzene rings is 1. The fourth-order valence-electron chi connectivity index (χ4n) is 3.09. The molecule has 1 aliphatic carbocycles. The minimum Gasteiger partial charge on any atom is -0.496 e. The predicted molar refractivity (Wildman–Crippen MR) is 86.2 cm³/mol. The maximum Gasteiger partial charge on any atom is 0.251 e. The standard InChI is InChI=1S/C17H23N3O3/c1-21-14-9-5-3-7-12(14)17-20-19-16(23-17)11-18-13-8-4-6-10-15(13)22-2/h3,5,7,9,13,15,18H,4,6,8,10-11H2,1-2H3/t13-,15-/m1/s1. The summed E-state index contributed by atoms with van der Waals surface area (Å²) < 4.78 is 16.7. The van der Waals surface area contributed by atoms with Crippen LogP contribution in [0.5, 0.6) is 5.75 Å². The van der Waals surface area contributed by atoms with Crippen LogP contribution in [0.3, 0.4) is 0 Å². The van der Waals surface area contributed by atoms with Crippen molar-refractivity contribution in [3.8, 4) is 17.2 Å². The number of methoxy groups -OCH3 is 2. The number of rotatable bonds is 6. The smallest absolute Gasteiger partial charge is 0.251 e. The van der Waals surface area contributed by atoms with Crippen molar-refractivity contribution in [1.82, 2.24) is 15.5 Å². The minimum atomic E-state index is 0.264. The maximum atomic E-state index is 5.77. The number of hydrogen-bond donors (Lipinski definition) is 1. The molecule has 6 heteroatoms. The first-order valence-electron chi connectivity index (χ1n) is 8.03. The van der Waals surface area contributed by atoms with E-state index in [1.165, 1.54) is 12.8 Å². The third-order valence-corrected chi connectivity index (χ3v) is 4.33. The van der Waals surface area contributed by atoms with E-state index in [4.69, 9.17) is 13.9 Å². The Bertz CT molecular complexity index is 629. The van der Waals surface area contributed by atoms with E-state index in [1.807, 2.05) is 24.3 Å². The predicted octanol–water partition coefficient (Wildman–Crippen LogP) is 2.79. The molecule has 1 aromatic heterocycles. The zero-order chi connectivity index (χ0) is 16.1. The highest BCUT2D eigenvalue weighted by Crippen LogP contribution is 2.28. The highest BCUT2D eigenvalue weighted by Gasteiger charge is 2.25. The van der Waals surface area contributed by atoms with Gasteiger partial charge in [0.1, 0.15) is 5.75 Å². The van der Waals surface area contributed by atoms with Gasteiger partial charge in [0.25, 0.3) is 5.89 Å². The van der Waals surface area contributed by atoms with Gasteiger partial charge < -0.3 is 19.2 Å². The van der Waals surface area contributed by atoms with Crippen molar-refractivity contribution in [3.63, 3.8) is 0 Å². The molecule has 6 nitrogen and oxygen atoms in total. The van der Waals surface area contributed by atoms with Gasteiger partial charge in [-0.15, -0.1) is 10.2 Å². The summed E-state index contributed by atoms with van der Waals surface area (Å²) in [5.41, 5.74) is 0.807. The molecule has 0 saturated heterocycles. The molecule has 0 spiro atoms. The fourth-order valence-corrected chi connectivity index (χ4v) is 3.09. The van der Waals surface area contributed by atoms with Crippen LogP contribution in [0.1, 0.15) is 31.6 Å². The van der Waals surface area contributed by atoms with Crippen LogP contribution in [0.15, 0.2) is 28.7 Å². The summed E-state index contributed by atoms with van der Waals surface area (Å²) in [6.07, 6.45) is 4.94. The van der Waals surface area contributed by atoms with E-state index in [2.05, 4.69) is 15.5 Å². The molecule has 1 aliphatic rings. The molecule has 2 atom stereocenters. The number of para-hydroxylation sites is 1. The molecule has 1 saturated carbocycles. The van der Waals surface area contributed by atoms with Crippen molar-refractivity contribution in [1.29, 1.82) is 0 Å². The summed E-state index contributed by atoms with van der Waals surface area (Å²) in [6, 6.07) is 7.96. The molecule has 124 valence electrons. The van der Waals surface area contributed by atoms with Gasteiger partial charge in [-0.3, -0.25) is 0 Å². The molecule has 0 unspecified atom stereocenters. The summed E-state index contributed by atoms with van der Waals surface area (Å²) in [5.74, 6) is 1.78. The zero-order valence-corrected chi connectivity index (χ0v) is 13.6.